The van der Waals surface area contributed by atoms with Crippen molar-refractivity contribution >= 4 is 35.1 Å². The molecule has 7 heteroatoms. The predicted octanol–water partition coefficient (Wildman–Crippen LogP) is 2.56. The Balaban J connectivity index is 2.18. The molecule has 2 heterocycles. The number of hydrogen-bond donors (Lipinski definition) is 0. The first-order valence-electron chi connectivity index (χ1n) is 6.33. The second kappa shape index (κ2) is 6.41. The van der Waals surface area contributed by atoms with Gasteiger partial charge in [-0.3, -0.25) is 4.79 Å². The van der Waals surface area contributed by atoms with Gasteiger partial charge in [0.05, 0.1) is 17.2 Å². The third-order valence-corrected chi connectivity index (χ3v) is 3.80. The molecule has 0 saturated carbocycles. The highest BCUT2D eigenvalue weighted by atomic mass is 35.5. The highest BCUT2D eigenvalue weighted by Gasteiger charge is 2.35. The lowest BCUT2D eigenvalue weighted by molar-refractivity contribution is -0.147. The Morgan fingerprint density at radius 2 is 2.25 bits per heavy atom. The molecule has 1 saturated heterocycles. The molecule has 2 rings (SSSR count). The Morgan fingerprint density at radius 1 is 1.50 bits per heavy atom. The maximum atomic E-state index is 12.4. The molecule has 1 aliphatic rings. The maximum Gasteiger partial charge on any atom is 0.328 e. The molecule has 0 aliphatic carbocycles. The zero-order valence-electron chi connectivity index (χ0n) is 10.9. The summed E-state index contributed by atoms with van der Waals surface area (Å²) in [6, 6.07) is 0.927. The van der Waals surface area contributed by atoms with Crippen LogP contribution in [0.1, 0.15) is 30.1 Å². The summed E-state index contributed by atoms with van der Waals surface area (Å²) in [6.07, 6.45) is 2.74. The Morgan fingerprint density at radius 3 is 2.90 bits per heavy atom. The number of halogens is 2. The van der Waals surface area contributed by atoms with Gasteiger partial charge in [-0.05, 0) is 25.8 Å². The van der Waals surface area contributed by atoms with E-state index in [1.807, 2.05) is 0 Å². The van der Waals surface area contributed by atoms with Crippen LogP contribution in [0.2, 0.25) is 10.2 Å². The van der Waals surface area contributed by atoms with Crippen molar-refractivity contribution < 1.29 is 14.3 Å². The smallest absolute Gasteiger partial charge is 0.328 e. The van der Waals surface area contributed by atoms with E-state index < -0.39 is 6.04 Å². The minimum atomic E-state index is -0.531. The van der Waals surface area contributed by atoms with E-state index in [1.165, 1.54) is 17.2 Å². The number of aromatic nitrogens is 1. The third-order valence-electron chi connectivity index (χ3n) is 3.12. The van der Waals surface area contributed by atoms with Crippen LogP contribution in [-0.4, -0.2) is 41.0 Å². The summed E-state index contributed by atoms with van der Waals surface area (Å²) in [6.45, 7) is 2.55. The molecular weight excluding hydrogens is 303 g/mol. The van der Waals surface area contributed by atoms with Crippen molar-refractivity contribution in [3.05, 3.63) is 28.0 Å². The zero-order valence-corrected chi connectivity index (χ0v) is 12.4. The van der Waals surface area contributed by atoms with Crippen molar-refractivity contribution in [2.45, 2.75) is 25.8 Å². The molecule has 20 heavy (non-hydrogen) atoms. The molecule has 5 nitrogen and oxygen atoms in total. The molecule has 1 atom stereocenters. The largest absolute Gasteiger partial charge is 0.464 e. The van der Waals surface area contributed by atoms with Crippen LogP contribution < -0.4 is 0 Å². The molecule has 0 aromatic carbocycles. The van der Waals surface area contributed by atoms with Crippen molar-refractivity contribution in [3.8, 4) is 0 Å². The second-order valence-corrected chi connectivity index (χ2v) is 5.17. The molecule has 1 unspecified atom stereocenters. The SMILES string of the molecule is CCOC(=O)C1CCCN1C(=O)c1cnc(Cl)c(Cl)c1. The van der Waals surface area contributed by atoms with E-state index in [1.54, 1.807) is 6.92 Å². The number of ether oxygens (including phenoxy) is 1. The van der Waals surface area contributed by atoms with Gasteiger partial charge in [-0.25, -0.2) is 9.78 Å². The van der Waals surface area contributed by atoms with Crippen molar-refractivity contribution in [2.24, 2.45) is 0 Å². The van der Waals surface area contributed by atoms with Gasteiger partial charge in [0.15, 0.2) is 0 Å². The average molecular weight is 317 g/mol. The number of hydrogen-bond acceptors (Lipinski definition) is 4. The number of rotatable bonds is 3. The highest BCUT2D eigenvalue weighted by Crippen LogP contribution is 2.24. The summed E-state index contributed by atoms with van der Waals surface area (Å²) < 4.78 is 4.99. The van der Waals surface area contributed by atoms with Crippen LogP contribution in [0.25, 0.3) is 0 Å². The Kier molecular flexibility index (Phi) is 4.83. The minimum Gasteiger partial charge on any atom is -0.464 e. The molecular formula is C13H14Cl2N2O3. The van der Waals surface area contributed by atoms with Crippen LogP contribution in [0.5, 0.6) is 0 Å². The van der Waals surface area contributed by atoms with E-state index in [0.717, 1.165) is 6.42 Å². The van der Waals surface area contributed by atoms with Crippen LogP contribution in [0.4, 0.5) is 0 Å². The number of carbonyl (C=O) groups excluding carboxylic acids is 2. The highest BCUT2D eigenvalue weighted by molar-refractivity contribution is 6.41. The molecule has 0 spiro atoms. The molecule has 0 radical (unpaired) electrons. The first-order chi connectivity index (χ1) is 9.54. The van der Waals surface area contributed by atoms with Gasteiger partial charge in [-0.15, -0.1) is 0 Å². The van der Waals surface area contributed by atoms with Crippen molar-refractivity contribution in [3.63, 3.8) is 0 Å². The van der Waals surface area contributed by atoms with Crippen LogP contribution in [0.3, 0.4) is 0 Å². The van der Waals surface area contributed by atoms with Gasteiger partial charge in [0.2, 0.25) is 0 Å². The van der Waals surface area contributed by atoms with Crippen molar-refractivity contribution in [1.82, 2.24) is 9.88 Å². The van der Waals surface area contributed by atoms with Gasteiger partial charge in [-0.2, -0.15) is 0 Å². The fourth-order valence-electron chi connectivity index (χ4n) is 2.20. The van der Waals surface area contributed by atoms with Crippen molar-refractivity contribution in [2.75, 3.05) is 13.2 Å². The van der Waals surface area contributed by atoms with Gasteiger partial charge in [0.25, 0.3) is 5.91 Å². The summed E-state index contributed by atoms with van der Waals surface area (Å²) >= 11 is 11.6. The number of carbonyl (C=O) groups is 2. The van der Waals surface area contributed by atoms with E-state index >= 15 is 0 Å². The van der Waals surface area contributed by atoms with Crippen LogP contribution in [0, 0.1) is 0 Å². The van der Waals surface area contributed by atoms with Gasteiger partial charge in [0.1, 0.15) is 11.2 Å². The Labute approximate surface area is 126 Å². The van der Waals surface area contributed by atoms with E-state index in [-0.39, 0.29) is 22.1 Å². The summed E-state index contributed by atoms with van der Waals surface area (Å²) in [5.74, 6) is -0.655. The number of amides is 1. The quantitative estimate of drug-likeness (QED) is 0.635. The standard InChI is InChI=1S/C13H14Cl2N2O3/c1-2-20-13(19)10-4-3-5-17(10)12(18)8-6-9(14)11(15)16-7-8/h6-7,10H,2-5H2,1H3. The second-order valence-electron chi connectivity index (χ2n) is 4.41. The van der Waals surface area contributed by atoms with Crippen molar-refractivity contribution in [1.29, 1.82) is 0 Å². The zero-order chi connectivity index (χ0) is 14.7. The van der Waals surface area contributed by atoms with E-state index in [0.29, 0.717) is 25.1 Å². The summed E-state index contributed by atoms with van der Waals surface area (Å²) in [5, 5.41) is 0.357. The maximum absolute atomic E-state index is 12.4. The molecule has 1 aromatic rings. The lowest BCUT2D eigenvalue weighted by Crippen LogP contribution is -2.41. The first-order valence-corrected chi connectivity index (χ1v) is 7.08. The third kappa shape index (κ3) is 3.04. The Hall–Kier alpha value is -1.33. The lowest BCUT2D eigenvalue weighted by Gasteiger charge is -2.23. The van der Waals surface area contributed by atoms with E-state index in [9.17, 15) is 9.59 Å². The fraction of sp³-hybridized carbons (Fsp3) is 0.462. The summed E-state index contributed by atoms with van der Waals surface area (Å²) in [7, 11) is 0. The fourth-order valence-corrected chi connectivity index (χ4v) is 2.47. The van der Waals surface area contributed by atoms with Gasteiger partial charge in [0, 0.05) is 12.7 Å². The predicted molar refractivity (Wildman–Crippen MR) is 74.9 cm³/mol. The van der Waals surface area contributed by atoms with Crippen LogP contribution >= 0.6 is 23.2 Å². The van der Waals surface area contributed by atoms with Gasteiger partial charge >= 0.3 is 5.97 Å². The van der Waals surface area contributed by atoms with Gasteiger partial charge < -0.3 is 9.64 Å². The average Bonchev–Trinajstić information content (AvgIpc) is 2.90. The van der Waals surface area contributed by atoms with Crippen LogP contribution in [-0.2, 0) is 9.53 Å². The molecule has 108 valence electrons. The lowest BCUT2D eigenvalue weighted by atomic mass is 10.2. The van der Waals surface area contributed by atoms with E-state index in [4.69, 9.17) is 27.9 Å². The number of likely N-dealkylation sites (tertiary alicyclic amines) is 1. The van der Waals surface area contributed by atoms with E-state index in [2.05, 4.69) is 4.98 Å². The monoisotopic (exact) mass is 316 g/mol. The normalized spacial score (nSPS) is 18.1. The number of pyridine rings is 1. The topological polar surface area (TPSA) is 59.5 Å². The molecule has 0 N–H and O–H groups in total. The summed E-state index contributed by atoms with van der Waals surface area (Å²) in [5.41, 5.74) is 0.315. The number of esters is 1. The minimum absolute atomic E-state index is 0.145. The molecule has 1 aliphatic heterocycles. The first kappa shape index (κ1) is 15.1. The number of nitrogens with zero attached hydrogens (tertiary/aromatic N) is 2. The van der Waals surface area contributed by atoms with Crippen LogP contribution in [0.15, 0.2) is 12.3 Å². The summed E-state index contributed by atoms with van der Waals surface area (Å²) in [4.78, 5) is 29.6. The van der Waals surface area contributed by atoms with Gasteiger partial charge in [-0.1, -0.05) is 23.2 Å². The molecule has 0 bridgehead atoms. The molecule has 1 amide bonds. The molecule has 1 aromatic heterocycles. The Bertz CT molecular complexity index is 536. The molecule has 1 fully saturated rings.